The van der Waals surface area contributed by atoms with Gasteiger partial charge in [0.25, 0.3) is 0 Å². The fraction of sp³-hybridized carbons (Fsp3) is 0.889. The summed E-state index contributed by atoms with van der Waals surface area (Å²) in [6.07, 6.45) is 1.66. The SMILES string of the molecule is CCC(C)CC(C)(CN)C(=O)O. The molecule has 0 bridgehead atoms. The zero-order valence-corrected chi connectivity index (χ0v) is 8.13. The van der Waals surface area contributed by atoms with Crippen molar-refractivity contribution in [2.24, 2.45) is 17.1 Å². The first-order valence-electron chi connectivity index (χ1n) is 4.39. The third-order valence-corrected chi connectivity index (χ3v) is 2.46. The molecule has 12 heavy (non-hydrogen) atoms. The lowest BCUT2D eigenvalue weighted by molar-refractivity contribution is -0.148. The lowest BCUT2D eigenvalue weighted by atomic mass is 9.81. The van der Waals surface area contributed by atoms with E-state index in [0.717, 1.165) is 6.42 Å². The van der Waals surface area contributed by atoms with E-state index in [0.29, 0.717) is 12.3 Å². The first kappa shape index (κ1) is 11.4. The van der Waals surface area contributed by atoms with E-state index in [1.54, 1.807) is 6.92 Å². The van der Waals surface area contributed by atoms with Crippen molar-refractivity contribution in [1.29, 1.82) is 0 Å². The molecule has 3 nitrogen and oxygen atoms in total. The van der Waals surface area contributed by atoms with Gasteiger partial charge >= 0.3 is 5.97 Å². The Labute approximate surface area is 74.0 Å². The normalized spacial score (nSPS) is 18.3. The van der Waals surface area contributed by atoms with Gasteiger partial charge in [0.2, 0.25) is 0 Å². The minimum absolute atomic E-state index is 0.215. The average Bonchev–Trinajstić information content (AvgIpc) is 2.03. The van der Waals surface area contributed by atoms with Crippen molar-refractivity contribution in [2.45, 2.75) is 33.6 Å². The van der Waals surface area contributed by atoms with Crippen LogP contribution in [0.2, 0.25) is 0 Å². The zero-order valence-electron chi connectivity index (χ0n) is 8.13. The number of carboxylic acids is 1. The van der Waals surface area contributed by atoms with Crippen molar-refractivity contribution in [3.8, 4) is 0 Å². The quantitative estimate of drug-likeness (QED) is 0.661. The van der Waals surface area contributed by atoms with Crippen molar-refractivity contribution < 1.29 is 9.90 Å². The number of nitrogens with two attached hydrogens (primary N) is 1. The number of carboxylic acid groups (broad SMARTS) is 1. The molecule has 0 rings (SSSR count). The van der Waals surface area contributed by atoms with Crippen LogP contribution in [0.15, 0.2) is 0 Å². The molecule has 72 valence electrons. The van der Waals surface area contributed by atoms with E-state index in [1.165, 1.54) is 0 Å². The highest BCUT2D eigenvalue weighted by Gasteiger charge is 2.32. The van der Waals surface area contributed by atoms with Gasteiger partial charge in [-0.25, -0.2) is 0 Å². The van der Waals surface area contributed by atoms with Gasteiger partial charge < -0.3 is 10.8 Å². The molecule has 0 aromatic rings. The number of hydrogen-bond acceptors (Lipinski definition) is 2. The van der Waals surface area contributed by atoms with Crippen LogP contribution in [-0.4, -0.2) is 17.6 Å². The topological polar surface area (TPSA) is 63.3 Å². The van der Waals surface area contributed by atoms with Gasteiger partial charge in [0.05, 0.1) is 5.41 Å². The lowest BCUT2D eigenvalue weighted by Gasteiger charge is -2.25. The van der Waals surface area contributed by atoms with Crippen molar-refractivity contribution in [3.05, 3.63) is 0 Å². The van der Waals surface area contributed by atoms with Crippen molar-refractivity contribution in [1.82, 2.24) is 0 Å². The summed E-state index contributed by atoms with van der Waals surface area (Å²) in [6, 6.07) is 0. The maximum absolute atomic E-state index is 10.8. The van der Waals surface area contributed by atoms with E-state index in [9.17, 15) is 4.79 Å². The molecule has 0 amide bonds. The average molecular weight is 173 g/mol. The predicted molar refractivity (Wildman–Crippen MR) is 48.9 cm³/mol. The highest BCUT2D eigenvalue weighted by molar-refractivity contribution is 5.74. The molecular weight excluding hydrogens is 154 g/mol. The van der Waals surface area contributed by atoms with Crippen molar-refractivity contribution >= 4 is 5.97 Å². The summed E-state index contributed by atoms with van der Waals surface area (Å²) < 4.78 is 0. The highest BCUT2D eigenvalue weighted by atomic mass is 16.4. The lowest BCUT2D eigenvalue weighted by Crippen LogP contribution is -2.37. The second-order valence-electron chi connectivity index (χ2n) is 3.79. The Balaban J connectivity index is 4.23. The molecule has 0 aliphatic heterocycles. The third-order valence-electron chi connectivity index (χ3n) is 2.46. The summed E-state index contributed by atoms with van der Waals surface area (Å²) in [4.78, 5) is 10.8. The highest BCUT2D eigenvalue weighted by Crippen LogP contribution is 2.26. The summed E-state index contributed by atoms with van der Waals surface area (Å²) in [5.41, 5.74) is 4.69. The maximum atomic E-state index is 10.8. The zero-order chi connectivity index (χ0) is 9.78. The van der Waals surface area contributed by atoms with E-state index >= 15 is 0 Å². The van der Waals surface area contributed by atoms with Crippen LogP contribution in [0.3, 0.4) is 0 Å². The summed E-state index contributed by atoms with van der Waals surface area (Å²) >= 11 is 0. The van der Waals surface area contributed by atoms with Gasteiger partial charge in [0.15, 0.2) is 0 Å². The molecule has 3 N–H and O–H groups in total. The Morgan fingerprint density at radius 1 is 1.67 bits per heavy atom. The van der Waals surface area contributed by atoms with Crippen molar-refractivity contribution in [2.75, 3.05) is 6.54 Å². The molecule has 0 heterocycles. The van der Waals surface area contributed by atoms with Crippen LogP contribution in [0, 0.1) is 11.3 Å². The molecule has 3 heteroatoms. The number of rotatable bonds is 5. The van der Waals surface area contributed by atoms with Crippen LogP contribution in [0.5, 0.6) is 0 Å². The molecule has 2 atom stereocenters. The molecule has 0 fully saturated rings. The Hall–Kier alpha value is -0.570. The van der Waals surface area contributed by atoms with Gasteiger partial charge in [-0.2, -0.15) is 0 Å². The largest absolute Gasteiger partial charge is 0.481 e. The first-order chi connectivity index (χ1) is 5.46. The molecule has 0 aromatic heterocycles. The van der Waals surface area contributed by atoms with Gasteiger partial charge in [-0.3, -0.25) is 4.79 Å². The van der Waals surface area contributed by atoms with Gasteiger partial charge in [-0.05, 0) is 19.3 Å². The Morgan fingerprint density at radius 2 is 2.17 bits per heavy atom. The molecule has 0 saturated carbocycles. The fourth-order valence-electron chi connectivity index (χ4n) is 1.17. The van der Waals surface area contributed by atoms with Gasteiger partial charge in [-0.15, -0.1) is 0 Å². The van der Waals surface area contributed by atoms with Gasteiger partial charge in [0, 0.05) is 6.54 Å². The molecule has 0 aromatic carbocycles. The number of hydrogen-bond donors (Lipinski definition) is 2. The minimum Gasteiger partial charge on any atom is -0.481 e. The van der Waals surface area contributed by atoms with Crippen molar-refractivity contribution in [3.63, 3.8) is 0 Å². The van der Waals surface area contributed by atoms with Gasteiger partial charge in [-0.1, -0.05) is 20.3 Å². The second kappa shape index (κ2) is 4.45. The van der Waals surface area contributed by atoms with E-state index in [-0.39, 0.29) is 6.54 Å². The Morgan fingerprint density at radius 3 is 2.42 bits per heavy atom. The molecule has 2 unspecified atom stereocenters. The summed E-state index contributed by atoms with van der Waals surface area (Å²) in [5, 5.41) is 8.90. The molecule has 0 saturated heterocycles. The van der Waals surface area contributed by atoms with E-state index in [4.69, 9.17) is 10.8 Å². The molecular formula is C9H19NO2. The molecule has 0 spiro atoms. The summed E-state index contributed by atoms with van der Waals surface area (Å²) in [6.45, 7) is 6.04. The Kier molecular flexibility index (Phi) is 4.24. The standard InChI is InChI=1S/C9H19NO2/c1-4-7(2)5-9(3,6-10)8(11)12/h7H,4-6,10H2,1-3H3,(H,11,12). The van der Waals surface area contributed by atoms with Crippen LogP contribution >= 0.6 is 0 Å². The third kappa shape index (κ3) is 2.81. The van der Waals surface area contributed by atoms with Crippen LogP contribution in [0.4, 0.5) is 0 Å². The smallest absolute Gasteiger partial charge is 0.310 e. The maximum Gasteiger partial charge on any atom is 0.310 e. The van der Waals surface area contributed by atoms with E-state index < -0.39 is 11.4 Å². The van der Waals surface area contributed by atoms with E-state index in [2.05, 4.69) is 13.8 Å². The molecule has 0 aliphatic carbocycles. The second-order valence-corrected chi connectivity index (χ2v) is 3.79. The monoisotopic (exact) mass is 173 g/mol. The molecule has 0 radical (unpaired) electrons. The molecule has 0 aliphatic rings. The van der Waals surface area contributed by atoms with Crippen LogP contribution in [-0.2, 0) is 4.79 Å². The number of carbonyl (C=O) groups is 1. The fourth-order valence-corrected chi connectivity index (χ4v) is 1.17. The number of aliphatic carboxylic acids is 1. The minimum atomic E-state index is -0.787. The van der Waals surface area contributed by atoms with Crippen LogP contribution in [0.1, 0.15) is 33.6 Å². The summed E-state index contributed by atoms with van der Waals surface area (Å²) in [5.74, 6) is -0.361. The Bertz CT molecular complexity index is 159. The first-order valence-corrected chi connectivity index (χ1v) is 4.39. The van der Waals surface area contributed by atoms with Gasteiger partial charge in [0.1, 0.15) is 0 Å². The van der Waals surface area contributed by atoms with Crippen LogP contribution in [0.25, 0.3) is 0 Å². The predicted octanol–water partition coefficient (Wildman–Crippen LogP) is 1.47. The summed E-state index contributed by atoms with van der Waals surface area (Å²) in [7, 11) is 0. The van der Waals surface area contributed by atoms with Crippen LogP contribution < -0.4 is 5.73 Å². The van der Waals surface area contributed by atoms with E-state index in [1.807, 2.05) is 0 Å².